The second-order valence-electron chi connectivity index (χ2n) is 5.58. The molecule has 1 atom stereocenters. The SMILES string of the molecule is O=C(O)CC[C@H]1CCCN(C(=O)Cc2ccc(Cl)cc2)C1. The van der Waals surface area contributed by atoms with E-state index in [9.17, 15) is 9.59 Å². The molecular weight excluding hydrogens is 290 g/mol. The molecule has 114 valence electrons. The van der Waals surface area contributed by atoms with Crippen molar-refractivity contribution < 1.29 is 14.7 Å². The molecule has 4 nitrogen and oxygen atoms in total. The largest absolute Gasteiger partial charge is 0.481 e. The Morgan fingerprint density at radius 1 is 1.29 bits per heavy atom. The lowest BCUT2D eigenvalue weighted by molar-refractivity contribution is -0.137. The summed E-state index contributed by atoms with van der Waals surface area (Å²) in [4.78, 5) is 24.8. The van der Waals surface area contributed by atoms with E-state index in [4.69, 9.17) is 16.7 Å². The number of carboxylic acids is 1. The third-order valence-electron chi connectivity index (χ3n) is 3.91. The highest BCUT2D eigenvalue weighted by Gasteiger charge is 2.23. The Morgan fingerprint density at radius 3 is 2.67 bits per heavy atom. The van der Waals surface area contributed by atoms with Crippen LogP contribution in [0.3, 0.4) is 0 Å². The molecular formula is C16H20ClNO3. The number of piperidine rings is 1. The Hall–Kier alpha value is -1.55. The van der Waals surface area contributed by atoms with Gasteiger partial charge in [0.2, 0.25) is 5.91 Å². The van der Waals surface area contributed by atoms with Crippen molar-refractivity contribution in [1.29, 1.82) is 0 Å². The van der Waals surface area contributed by atoms with Crippen LogP contribution in [0.4, 0.5) is 0 Å². The predicted octanol–water partition coefficient (Wildman–Crippen LogP) is 2.99. The van der Waals surface area contributed by atoms with E-state index in [2.05, 4.69) is 0 Å². The minimum absolute atomic E-state index is 0.109. The fraction of sp³-hybridized carbons (Fsp3) is 0.500. The van der Waals surface area contributed by atoms with Crippen molar-refractivity contribution in [3.63, 3.8) is 0 Å². The van der Waals surface area contributed by atoms with Gasteiger partial charge in [0, 0.05) is 24.5 Å². The number of hydrogen-bond acceptors (Lipinski definition) is 2. The van der Waals surface area contributed by atoms with Gasteiger partial charge in [0.25, 0.3) is 0 Å². The number of aliphatic carboxylic acids is 1. The van der Waals surface area contributed by atoms with E-state index in [-0.39, 0.29) is 12.3 Å². The Morgan fingerprint density at radius 2 is 2.00 bits per heavy atom. The predicted molar refractivity (Wildman–Crippen MR) is 81.3 cm³/mol. The Kier molecular flexibility index (Phi) is 5.62. The number of hydrogen-bond donors (Lipinski definition) is 1. The Bertz CT molecular complexity index is 501. The molecule has 1 aromatic rings. The molecule has 1 fully saturated rings. The second kappa shape index (κ2) is 7.46. The highest BCUT2D eigenvalue weighted by Crippen LogP contribution is 2.22. The van der Waals surface area contributed by atoms with E-state index in [0.29, 0.717) is 30.3 Å². The molecule has 0 spiro atoms. The summed E-state index contributed by atoms with van der Waals surface area (Å²) in [5.74, 6) is -0.346. The monoisotopic (exact) mass is 309 g/mol. The summed E-state index contributed by atoms with van der Waals surface area (Å²) in [5, 5.41) is 9.41. The van der Waals surface area contributed by atoms with Crippen molar-refractivity contribution in [2.24, 2.45) is 5.92 Å². The number of benzene rings is 1. The number of carbonyl (C=O) groups excluding carboxylic acids is 1. The smallest absolute Gasteiger partial charge is 0.303 e. The first kappa shape index (κ1) is 15.8. The van der Waals surface area contributed by atoms with E-state index in [0.717, 1.165) is 24.9 Å². The van der Waals surface area contributed by atoms with Gasteiger partial charge >= 0.3 is 5.97 Å². The fourth-order valence-electron chi connectivity index (χ4n) is 2.74. The Balaban J connectivity index is 1.86. The number of carboxylic acid groups (broad SMARTS) is 1. The van der Waals surface area contributed by atoms with Crippen LogP contribution in [0.5, 0.6) is 0 Å². The summed E-state index contributed by atoms with van der Waals surface area (Å²) < 4.78 is 0. The molecule has 1 aliphatic rings. The van der Waals surface area contributed by atoms with Crippen LogP contribution in [0.15, 0.2) is 24.3 Å². The maximum atomic E-state index is 12.3. The van der Waals surface area contributed by atoms with Crippen molar-refractivity contribution in [3.8, 4) is 0 Å². The van der Waals surface area contributed by atoms with Crippen molar-refractivity contribution in [3.05, 3.63) is 34.9 Å². The number of nitrogens with zero attached hydrogens (tertiary/aromatic N) is 1. The molecule has 21 heavy (non-hydrogen) atoms. The summed E-state index contributed by atoms with van der Waals surface area (Å²) >= 11 is 5.83. The van der Waals surface area contributed by atoms with Crippen molar-refractivity contribution >= 4 is 23.5 Å². The average Bonchev–Trinajstić information content (AvgIpc) is 2.48. The zero-order chi connectivity index (χ0) is 15.2. The van der Waals surface area contributed by atoms with Gasteiger partial charge in [0.05, 0.1) is 6.42 Å². The average molecular weight is 310 g/mol. The van der Waals surface area contributed by atoms with Crippen LogP contribution in [0.1, 0.15) is 31.2 Å². The number of carbonyl (C=O) groups is 2. The molecule has 1 N–H and O–H groups in total. The third-order valence-corrected chi connectivity index (χ3v) is 4.16. The molecule has 1 amide bonds. The zero-order valence-electron chi connectivity index (χ0n) is 11.9. The van der Waals surface area contributed by atoms with Crippen molar-refractivity contribution in [2.45, 2.75) is 32.1 Å². The van der Waals surface area contributed by atoms with Crippen molar-refractivity contribution in [1.82, 2.24) is 4.90 Å². The molecule has 2 rings (SSSR count). The van der Waals surface area contributed by atoms with Crippen LogP contribution in [0.2, 0.25) is 5.02 Å². The normalized spacial score (nSPS) is 18.5. The van der Waals surface area contributed by atoms with Gasteiger partial charge in [0.15, 0.2) is 0 Å². The molecule has 1 saturated heterocycles. The molecule has 1 aliphatic heterocycles. The Labute approximate surface area is 129 Å². The maximum Gasteiger partial charge on any atom is 0.303 e. The van der Waals surface area contributed by atoms with Gasteiger partial charge in [-0.05, 0) is 42.9 Å². The summed E-state index contributed by atoms with van der Waals surface area (Å²) in [7, 11) is 0. The number of rotatable bonds is 5. The highest BCUT2D eigenvalue weighted by atomic mass is 35.5. The molecule has 0 aliphatic carbocycles. The molecule has 0 radical (unpaired) electrons. The van der Waals surface area contributed by atoms with Crippen LogP contribution in [0, 0.1) is 5.92 Å². The number of halogens is 1. The van der Waals surface area contributed by atoms with E-state index < -0.39 is 5.97 Å². The van der Waals surface area contributed by atoms with E-state index >= 15 is 0 Å². The second-order valence-corrected chi connectivity index (χ2v) is 6.02. The van der Waals surface area contributed by atoms with Gasteiger partial charge in [-0.15, -0.1) is 0 Å². The van der Waals surface area contributed by atoms with Gasteiger partial charge in [-0.1, -0.05) is 23.7 Å². The molecule has 0 aromatic heterocycles. The van der Waals surface area contributed by atoms with Gasteiger partial charge in [-0.3, -0.25) is 9.59 Å². The van der Waals surface area contributed by atoms with Gasteiger partial charge in [-0.25, -0.2) is 0 Å². The fourth-order valence-corrected chi connectivity index (χ4v) is 2.87. The van der Waals surface area contributed by atoms with Gasteiger partial charge in [0.1, 0.15) is 0 Å². The topological polar surface area (TPSA) is 57.6 Å². The number of amides is 1. The van der Waals surface area contributed by atoms with E-state index in [1.54, 1.807) is 12.1 Å². The van der Waals surface area contributed by atoms with Gasteiger partial charge in [-0.2, -0.15) is 0 Å². The van der Waals surface area contributed by atoms with Crippen LogP contribution in [0.25, 0.3) is 0 Å². The lowest BCUT2D eigenvalue weighted by atomic mass is 9.93. The van der Waals surface area contributed by atoms with Crippen LogP contribution in [-0.2, 0) is 16.0 Å². The molecule has 0 bridgehead atoms. The zero-order valence-corrected chi connectivity index (χ0v) is 12.7. The summed E-state index contributed by atoms with van der Waals surface area (Å²) in [6.45, 7) is 1.45. The van der Waals surface area contributed by atoms with Gasteiger partial charge < -0.3 is 10.0 Å². The van der Waals surface area contributed by atoms with Crippen LogP contribution >= 0.6 is 11.6 Å². The summed E-state index contributed by atoms with van der Waals surface area (Å²) in [6.07, 6.45) is 3.18. The van der Waals surface area contributed by atoms with Crippen LogP contribution < -0.4 is 0 Å². The minimum atomic E-state index is -0.764. The molecule has 1 heterocycles. The first-order valence-corrected chi connectivity index (χ1v) is 7.66. The molecule has 0 unspecified atom stereocenters. The quantitative estimate of drug-likeness (QED) is 0.909. The van der Waals surface area contributed by atoms with Crippen molar-refractivity contribution in [2.75, 3.05) is 13.1 Å². The molecule has 1 aromatic carbocycles. The maximum absolute atomic E-state index is 12.3. The standard InChI is InChI=1S/C16H20ClNO3/c17-14-6-3-12(4-7-14)10-15(19)18-9-1-2-13(11-18)5-8-16(20)21/h3-4,6-7,13H,1-2,5,8-11H2,(H,20,21)/t13-/m1/s1. The molecule has 0 saturated carbocycles. The molecule has 5 heteroatoms. The van der Waals surface area contributed by atoms with Crippen LogP contribution in [-0.4, -0.2) is 35.0 Å². The lowest BCUT2D eigenvalue weighted by Crippen LogP contribution is -2.40. The highest BCUT2D eigenvalue weighted by molar-refractivity contribution is 6.30. The summed E-state index contributed by atoms with van der Waals surface area (Å²) in [6, 6.07) is 7.31. The van der Waals surface area contributed by atoms with E-state index in [1.165, 1.54) is 0 Å². The first-order chi connectivity index (χ1) is 10.0. The summed E-state index contributed by atoms with van der Waals surface area (Å²) in [5.41, 5.74) is 0.956. The minimum Gasteiger partial charge on any atom is -0.481 e. The third kappa shape index (κ3) is 5.05. The number of likely N-dealkylation sites (tertiary alicyclic amines) is 1. The first-order valence-electron chi connectivity index (χ1n) is 7.28. The lowest BCUT2D eigenvalue weighted by Gasteiger charge is -2.32. The van der Waals surface area contributed by atoms with E-state index in [1.807, 2.05) is 17.0 Å².